The molecule has 4 unspecified atom stereocenters. The van der Waals surface area contributed by atoms with Crippen molar-refractivity contribution in [1.82, 2.24) is 0 Å². The highest BCUT2D eigenvalue weighted by molar-refractivity contribution is 5.20. The lowest BCUT2D eigenvalue weighted by Crippen LogP contribution is -2.59. The van der Waals surface area contributed by atoms with Crippen molar-refractivity contribution >= 4 is 0 Å². The highest BCUT2D eigenvalue weighted by Gasteiger charge is 2.64. The Bertz CT molecular complexity index is 334. The van der Waals surface area contributed by atoms with Gasteiger partial charge in [0, 0.05) is 14.2 Å². The summed E-state index contributed by atoms with van der Waals surface area (Å²) in [6, 6.07) is 2.26. The molecule has 0 radical (unpaired) electrons. The van der Waals surface area contributed by atoms with Crippen LogP contribution in [0.3, 0.4) is 0 Å². The van der Waals surface area contributed by atoms with Crippen LogP contribution >= 0.6 is 0 Å². The predicted molar refractivity (Wildman–Crippen MR) is 59.0 cm³/mol. The van der Waals surface area contributed by atoms with Gasteiger partial charge in [-0.15, -0.1) is 0 Å². The quantitative estimate of drug-likeness (QED) is 0.738. The van der Waals surface area contributed by atoms with Crippen LogP contribution in [0.4, 0.5) is 0 Å². The Morgan fingerprint density at radius 1 is 1.47 bits per heavy atom. The van der Waals surface area contributed by atoms with Crippen molar-refractivity contribution < 1.29 is 19.3 Å². The molecule has 2 bridgehead atoms. The Morgan fingerprint density at radius 2 is 2.12 bits per heavy atom. The number of hydrogen-bond acceptors (Lipinski definition) is 5. The molecule has 2 fully saturated rings. The van der Waals surface area contributed by atoms with Crippen LogP contribution in [-0.2, 0) is 14.2 Å². The van der Waals surface area contributed by atoms with Crippen LogP contribution < -0.4 is 0 Å². The van der Waals surface area contributed by atoms with Gasteiger partial charge in [0.1, 0.15) is 11.0 Å². The summed E-state index contributed by atoms with van der Waals surface area (Å²) in [5, 5.41) is 20.2. The topological polar surface area (TPSA) is 71.7 Å². The van der Waals surface area contributed by atoms with E-state index in [-0.39, 0.29) is 12.2 Å². The van der Waals surface area contributed by atoms with Gasteiger partial charge >= 0.3 is 0 Å². The number of aliphatic hydroxyl groups is 1. The van der Waals surface area contributed by atoms with E-state index in [9.17, 15) is 10.4 Å². The Labute approximate surface area is 101 Å². The maximum absolute atomic E-state index is 10.7. The second-order valence-electron chi connectivity index (χ2n) is 5.06. The Kier molecular flexibility index (Phi) is 3.17. The Balaban J connectivity index is 2.33. The molecule has 17 heavy (non-hydrogen) atoms. The summed E-state index contributed by atoms with van der Waals surface area (Å²) >= 11 is 0. The summed E-state index contributed by atoms with van der Waals surface area (Å²) in [5.74, 6) is 0. The maximum Gasteiger partial charge on any atom is 0.187 e. The third-order valence-corrected chi connectivity index (χ3v) is 4.20. The highest BCUT2D eigenvalue weighted by Crippen LogP contribution is 2.54. The Hall–Kier alpha value is -0.670. The van der Waals surface area contributed by atoms with Crippen LogP contribution in [-0.4, -0.2) is 43.4 Å². The zero-order chi connectivity index (χ0) is 12.7. The van der Waals surface area contributed by atoms with Crippen LogP contribution in [0.1, 0.15) is 26.2 Å². The van der Waals surface area contributed by atoms with Gasteiger partial charge in [-0.05, 0) is 26.2 Å². The summed E-state index contributed by atoms with van der Waals surface area (Å²) in [6.45, 7) is 1.60. The molecule has 2 heterocycles. The second-order valence-corrected chi connectivity index (χ2v) is 5.06. The van der Waals surface area contributed by atoms with E-state index in [4.69, 9.17) is 14.2 Å². The molecule has 2 rings (SSSR count). The molecule has 1 N–H and O–H groups in total. The van der Waals surface area contributed by atoms with Crippen LogP contribution in [0.2, 0.25) is 0 Å². The summed E-state index contributed by atoms with van der Waals surface area (Å²) < 4.78 is 16.0. The van der Waals surface area contributed by atoms with Gasteiger partial charge in [-0.2, -0.15) is 5.26 Å². The van der Waals surface area contributed by atoms with Gasteiger partial charge < -0.3 is 19.3 Å². The average molecular weight is 241 g/mol. The number of ether oxygens (including phenoxy) is 3. The number of hydrogen-bond donors (Lipinski definition) is 1. The van der Waals surface area contributed by atoms with E-state index in [2.05, 4.69) is 6.07 Å². The van der Waals surface area contributed by atoms with Crippen molar-refractivity contribution in [1.29, 1.82) is 5.26 Å². The molecule has 2 saturated heterocycles. The van der Waals surface area contributed by atoms with Gasteiger partial charge in [-0.1, -0.05) is 0 Å². The minimum Gasteiger partial charge on any atom is -0.383 e. The van der Waals surface area contributed by atoms with Crippen molar-refractivity contribution in [2.24, 2.45) is 5.41 Å². The van der Waals surface area contributed by atoms with Crippen molar-refractivity contribution in [2.75, 3.05) is 14.2 Å². The van der Waals surface area contributed by atoms with Crippen LogP contribution in [0.5, 0.6) is 0 Å². The van der Waals surface area contributed by atoms with Gasteiger partial charge in [-0.25, -0.2) is 0 Å². The molecular weight excluding hydrogens is 222 g/mol. The maximum atomic E-state index is 10.7. The molecule has 5 nitrogen and oxygen atoms in total. The molecule has 96 valence electrons. The van der Waals surface area contributed by atoms with E-state index in [1.165, 1.54) is 14.2 Å². The Morgan fingerprint density at radius 3 is 2.47 bits per heavy atom. The molecule has 0 aromatic rings. The first-order valence-electron chi connectivity index (χ1n) is 5.86. The smallest absolute Gasteiger partial charge is 0.187 e. The van der Waals surface area contributed by atoms with E-state index < -0.39 is 17.3 Å². The van der Waals surface area contributed by atoms with E-state index in [0.29, 0.717) is 6.42 Å². The zero-order valence-corrected chi connectivity index (χ0v) is 10.5. The van der Waals surface area contributed by atoms with Gasteiger partial charge in [0.25, 0.3) is 0 Å². The lowest BCUT2D eigenvalue weighted by Gasteiger charge is -2.44. The lowest BCUT2D eigenvalue weighted by atomic mass is 9.64. The zero-order valence-electron chi connectivity index (χ0n) is 10.5. The number of rotatable bonds is 4. The summed E-state index contributed by atoms with van der Waals surface area (Å²) in [7, 11) is 2.92. The molecule has 0 spiro atoms. The van der Waals surface area contributed by atoms with Crippen LogP contribution in [0, 0.1) is 16.7 Å². The average Bonchev–Trinajstić information content (AvgIpc) is 2.90. The van der Waals surface area contributed by atoms with E-state index >= 15 is 0 Å². The van der Waals surface area contributed by atoms with Crippen molar-refractivity contribution in [2.45, 2.75) is 50.3 Å². The van der Waals surface area contributed by atoms with Crippen LogP contribution in [0.25, 0.3) is 0 Å². The number of methoxy groups -OCH3 is 2. The van der Waals surface area contributed by atoms with Gasteiger partial charge in [0.05, 0.1) is 18.3 Å². The number of nitrogens with zero attached hydrogens (tertiary/aromatic N) is 1. The lowest BCUT2D eigenvalue weighted by molar-refractivity contribution is -0.247. The fourth-order valence-corrected chi connectivity index (χ4v) is 3.24. The monoisotopic (exact) mass is 241 g/mol. The molecule has 2 aliphatic heterocycles. The van der Waals surface area contributed by atoms with E-state index in [0.717, 1.165) is 12.8 Å². The molecular formula is C12H19NO4. The molecule has 0 aromatic carbocycles. The molecule has 0 amide bonds. The first-order chi connectivity index (χ1) is 8.01. The first kappa shape index (κ1) is 12.8. The number of nitriles is 1. The minimum absolute atomic E-state index is 0.0838. The fraction of sp³-hybridized carbons (Fsp3) is 0.917. The van der Waals surface area contributed by atoms with Gasteiger partial charge in [-0.3, -0.25) is 0 Å². The van der Waals surface area contributed by atoms with E-state index in [1.807, 2.05) is 0 Å². The molecule has 0 aromatic heterocycles. The SMILES string of the molecule is COC(OC)C(C)(O)C1(C#N)CC2CCC1O2. The molecule has 2 aliphatic rings. The first-order valence-corrected chi connectivity index (χ1v) is 5.86. The minimum atomic E-state index is -1.38. The van der Waals surface area contributed by atoms with Crippen molar-refractivity contribution in [3.63, 3.8) is 0 Å². The van der Waals surface area contributed by atoms with Gasteiger partial charge in [0.2, 0.25) is 0 Å². The second kappa shape index (κ2) is 4.21. The molecule has 0 saturated carbocycles. The largest absolute Gasteiger partial charge is 0.383 e. The molecule has 0 aliphatic carbocycles. The fourth-order valence-electron chi connectivity index (χ4n) is 3.24. The third kappa shape index (κ3) is 1.59. The van der Waals surface area contributed by atoms with Gasteiger partial charge in [0.15, 0.2) is 6.29 Å². The highest BCUT2D eigenvalue weighted by atomic mass is 16.7. The predicted octanol–water partition coefficient (Wildman–Crippen LogP) is 0.818. The molecule has 5 heteroatoms. The van der Waals surface area contributed by atoms with Crippen molar-refractivity contribution in [3.8, 4) is 6.07 Å². The number of fused-ring (bicyclic) bond motifs is 2. The third-order valence-electron chi connectivity index (χ3n) is 4.20. The summed E-state index contributed by atoms with van der Waals surface area (Å²) in [6.07, 6.45) is 1.36. The van der Waals surface area contributed by atoms with Crippen molar-refractivity contribution in [3.05, 3.63) is 0 Å². The molecule has 4 atom stereocenters. The summed E-state index contributed by atoms with van der Waals surface area (Å²) in [5.41, 5.74) is -2.32. The van der Waals surface area contributed by atoms with Crippen LogP contribution in [0.15, 0.2) is 0 Å². The normalized spacial score (nSPS) is 39.3. The summed E-state index contributed by atoms with van der Waals surface area (Å²) in [4.78, 5) is 0. The van der Waals surface area contributed by atoms with E-state index in [1.54, 1.807) is 6.92 Å². The standard InChI is InChI=1S/C12H19NO4/c1-11(14,10(15-2)16-3)12(7-13)6-8-4-5-9(12)17-8/h8-10,14H,4-6H2,1-3H3.